The lowest BCUT2D eigenvalue weighted by Gasteiger charge is -2.18. The van der Waals surface area contributed by atoms with E-state index in [2.05, 4.69) is 45.1 Å². The van der Waals surface area contributed by atoms with Gasteiger partial charge in [0, 0.05) is 11.8 Å². The molecule has 0 heterocycles. The molecule has 0 aliphatic heterocycles. The van der Waals surface area contributed by atoms with Crippen LogP contribution >= 0.6 is 0 Å². The highest BCUT2D eigenvalue weighted by molar-refractivity contribution is 6.01. The molecule has 0 aromatic heterocycles. The highest BCUT2D eigenvalue weighted by Crippen LogP contribution is 2.22. The van der Waals surface area contributed by atoms with E-state index in [9.17, 15) is 4.79 Å². The first-order valence-electron chi connectivity index (χ1n) is 7.92. The van der Waals surface area contributed by atoms with Crippen LogP contribution in [0.1, 0.15) is 43.0 Å². The van der Waals surface area contributed by atoms with Crippen molar-refractivity contribution >= 4 is 17.7 Å². The average Bonchev–Trinajstić information content (AvgIpc) is 2.48. The summed E-state index contributed by atoms with van der Waals surface area (Å²) in [5.74, 6) is -0.117. The van der Waals surface area contributed by atoms with Crippen LogP contribution in [0.15, 0.2) is 48.5 Å². The summed E-state index contributed by atoms with van der Waals surface area (Å²) in [6.45, 7) is 10.7. The standard InChI is InChI=1S/C21H25NO/c1-15-6-12-19(14-16(15)2)22-20(23)13-9-17-7-10-18(11-8-17)21(3,4)5/h6-14H,1-5H3,(H,22,23)/b13-9-. The number of hydrogen-bond donors (Lipinski definition) is 1. The van der Waals surface area contributed by atoms with Gasteiger partial charge >= 0.3 is 0 Å². The van der Waals surface area contributed by atoms with Crippen molar-refractivity contribution in [1.29, 1.82) is 0 Å². The summed E-state index contributed by atoms with van der Waals surface area (Å²) in [5, 5.41) is 2.89. The Labute approximate surface area is 139 Å². The fourth-order valence-corrected chi connectivity index (χ4v) is 2.27. The molecule has 0 fully saturated rings. The number of hydrogen-bond acceptors (Lipinski definition) is 1. The molecule has 0 saturated heterocycles. The zero-order valence-electron chi connectivity index (χ0n) is 14.6. The van der Waals surface area contributed by atoms with Gasteiger partial charge in [0.2, 0.25) is 5.91 Å². The minimum Gasteiger partial charge on any atom is -0.323 e. The smallest absolute Gasteiger partial charge is 0.248 e. The molecule has 0 unspecified atom stereocenters. The first-order chi connectivity index (χ1) is 10.8. The second-order valence-corrected chi connectivity index (χ2v) is 6.99. The molecule has 0 saturated carbocycles. The number of rotatable bonds is 3. The van der Waals surface area contributed by atoms with Gasteiger partial charge in [-0.1, -0.05) is 51.1 Å². The predicted molar refractivity (Wildman–Crippen MR) is 98.7 cm³/mol. The van der Waals surface area contributed by atoms with Crippen LogP contribution in [0.3, 0.4) is 0 Å². The summed E-state index contributed by atoms with van der Waals surface area (Å²) in [6, 6.07) is 14.2. The van der Waals surface area contributed by atoms with Gasteiger partial charge in [0.15, 0.2) is 0 Å². The fourth-order valence-electron chi connectivity index (χ4n) is 2.27. The summed E-state index contributed by atoms with van der Waals surface area (Å²) >= 11 is 0. The lowest BCUT2D eigenvalue weighted by molar-refractivity contribution is -0.111. The third-order valence-electron chi connectivity index (χ3n) is 3.98. The topological polar surface area (TPSA) is 29.1 Å². The first kappa shape index (κ1) is 17.0. The van der Waals surface area contributed by atoms with Crippen LogP contribution in [-0.4, -0.2) is 5.91 Å². The number of carbonyl (C=O) groups excluding carboxylic acids is 1. The number of anilines is 1. The van der Waals surface area contributed by atoms with Crippen LogP contribution in [0, 0.1) is 13.8 Å². The number of benzene rings is 2. The van der Waals surface area contributed by atoms with Gasteiger partial charge in [0.05, 0.1) is 0 Å². The third kappa shape index (κ3) is 4.82. The number of aryl methyl sites for hydroxylation is 2. The van der Waals surface area contributed by atoms with Crippen molar-refractivity contribution < 1.29 is 4.79 Å². The Morgan fingerprint density at radius 2 is 1.61 bits per heavy atom. The number of amides is 1. The summed E-state index contributed by atoms with van der Waals surface area (Å²) in [5.41, 5.74) is 5.67. The quantitative estimate of drug-likeness (QED) is 0.771. The zero-order valence-corrected chi connectivity index (χ0v) is 14.6. The van der Waals surface area contributed by atoms with Crippen molar-refractivity contribution in [2.75, 3.05) is 5.32 Å². The minimum absolute atomic E-state index is 0.117. The van der Waals surface area contributed by atoms with E-state index in [0.717, 1.165) is 11.3 Å². The van der Waals surface area contributed by atoms with Crippen LogP contribution in [0.5, 0.6) is 0 Å². The van der Waals surface area contributed by atoms with Gasteiger partial charge in [0.25, 0.3) is 0 Å². The first-order valence-corrected chi connectivity index (χ1v) is 7.92. The Hall–Kier alpha value is -2.35. The molecule has 1 amide bonds. The van der Waals surface area contributed by atoms with Crippen LogP contribution in [0.25, 0.3) is 6.08 Å². The molecule has 2 aromatic carbocycles. The van der Waals surface area contributed by atoms with E-state index in [1.165, 1.54) is 16.7 Å². The van der Waals surface area contributed by atoms with E-state index in [0.29, 0.717) is 0 Å². The molecule has 2 nitrogen and oxygen atoms in total. The van der Waals surface area contributed by atoms with Crippen molar-refractivity contribution in [3.8, 4) is 0 Å². The zero-order chi connectivity index (χ0) is 17.0. The van der Waals surface area contributed by atoms with Crippen molar-refractivity contribution in [2.45, 2.75) is 40.0 Å². The molecule has 2 rings (SSSR count). The van der Waals surface area contributed by atoms with E-state index in [1.807, 2.05) is 43.3 Å². The van der Waals surface area contributed by atoms with E-state index in [1.54, 1.807) is 6.08 Å². The number of carbonyl (C=O) groups is 1. The molecule has 0 bridgehead atoms. The average molecular weight is 307 g/mol. The van der Waals surface area contributed by atoms with Crippen molar-refractivity contribution in [1.82, 2.24) is 0 Å². The van der Waals surface area contributed by atoms with E-state index < -0.39 is 0 Å². The van der Waals surface area contributed by atoms with Crippen molar-refractivity contribution in [3.05, 3.63) is 70.8 Å². The van der Waals surface area contributed by atoms with Gasteiger partial charge in [-0.05, 0) is 59.7 Å². The van der Waals surface area contributed by atoms with Crippen LogP contribution in [0.2, 0.25) is 0 Å². The predicted octanol–water partition coefficient (Wildman–Crippen LogP) is 5.25. The van der Waals surface area contributed by atoms with Gasteiger partial charge in [-0.25, -0.2) is 0 Å². The maximum atomic E-state index is 12.0. The van der Waals surface area contributed by atoms with Crippen LogP contribution in [0.4, 0.5) is 5.69 Å². The molecular weight excluding hydrogens is 282 g/mol. The van der Waals surface area contributed by atoms with Gasteiger partial charge in [-0.3, -0.25) is 4.79 Å². The molecule has 2 aromatic rings. The monoisotopic (exact) mass is 307 g/mol. The maximum Gasteiger partial charge on any atom is 0.248 e. The Bertz CT molecular complexity index is 718. The molecule has 2 heteroatoms. The number of nitrogens with one attached hydrogen (secondary N) is 1. The normalized spacial score (nSPS) is 11.7. The Morgan fingerprint density at radius 1 is 0.957 bits per heavy atom. The van der Waals surface area contributed by atoms with E-state index in [4.69, 9.17) is 0 Å². The largest absolute Gasteiger partial charge is 0.323 e. The lowest BCUT2D eigenvalue weighted by Crippen LogP contribution is -2.10. The molecule has 0 aliphatic carbocycles. The van der Waals surface area contributed by atoms with Crippen LogP contribution < -0.4 is 5.32 Å². The maximum absolute atomic E-state index is 12.0. The van der Waals surface area contributed by atoms with Gasteiger partial charge in [0.1, 0.15) is 0 Å². The highest BCUT2D eigenvalue weighted by atomic mass is 16.1. The van der Waals surface area contributed by atoms with Gasteiger partial charge in [-0.2, -0.15) is 0 Å². The second kappa shape index (κ2) is 6.82. The van der Waals surface area contributed by atoms with Gasteiger partial charge < -0.3 is 5.32 Å². The molecule has 0 radical (unpaired) electrons. The molecule has 0 spiro atoms. The Morgan fingerprint density at radius 3 is 2.17 bits per heavy atom. The molecule has 1 N–H and O–H groups in total. The van der Waals surface area contributed by atoms with Crippen molar-refractivity contribution in [3.63, 3.8) is 0 Å². The van der Waals surface area contributed by atoms with E-state index in [-0.39, 0.29) is 11.3 Å². The molecule has 23 heavy (non-hydrogen) atoms. The van der Waals surface area contributed by atoms with Crippen LogP contribution in [-0.2, 0) is 10.2 Å². The van der Waals surface area contributed by atoms with Gasteiger partial charge in [-0.15, -0.1) is 0 Å². The van der Waals surface area contributed by atoms with E-state index >= 15 is 0 Å². The fraction of sp³-hybridized carbons (Fsp3) is 0.286. The molecular formula is C21H25NO. The Kier molecular flexibility index (Phi) is 5.05. The minimum atomic E-state index is -0.117. The Balaban J connectivity index is 2.02. The summed E-state index contributed by atoms with van der Waals surface area (Å²) in [6.07, 6.45) is 3.41. The molecule has 120 valence electrons. The molecule has 0 atom stereocenters. The third-order valence-corrected chi connectivity index (χ3v) is 3.98. The highest BCUT2D eigenvalue weighted by Gasteiger charge is 2.12. The van der Waals surface area contributed by atoms with Crippen molar-refractivity contribution in [2.24, 2.45) is 0 Å². The summed E-state index contributed by atoms with van der Waals surface area (Å²) in [7, 11) is 0. The lowest BCUT2D eigenvalue weighted by atomic mass is 9.87. The SMILES string of the molecule is Cc1ccc(NC(=O)/C=C\c2ccc(C(C)(C)C)cc2)cc1C. The second-order valence-electron chi connectivity index (χ2n) is 6.99. The summed E-state index contributed by atoms with van der Waals surface area (Å²) in [4.78, 5) is 12.0. The molecule has 0 aliphatic rings. The summed E-state index contributed by atoms with van der Waals surface area (Å²) < 4.78 is 0.